The summed E-state index contributed by atoms with van der Waals surface area (Å²) in [6, 6.07) is 4.62. The van der Waals surface area contributed by atoms with Crippen molar-refractivity contribution in [2.45, 2.75) is 31.7 Å². The largest absolute Gasteiger partial charge is 0.493 e. The normalized spacial score (nSPS) is 21.4. The van der Waals surface area contributed by atoms with Gasteiger partial charge in [-0.3, -0.25) is 9.59 Å². The Morgan fingerprint density at radius 3 is 2.52 bits per heavy atom. The van der Waals surface area contributed by atoms with Crippen molar-refractivity contribution >= 4 is 11.9 Å². The minimum absolute atomic E-state index is 0.0384. The summed E-state index contributed by atoms with van der Waals surface area (Å²) in [5.41, 5.74) is 0.944. The molecule has 23 heavy (non-hydrogen) atoms. The van der Waals surface area contributed by atoms with Crippen LogP contribution in [0.25, 0.3) is 0 Å². The summed E-state index contributed by atoms with van der Waals surface area (Å²) in [6.45, 7) is 0. The van der Waals surface area contributed by atoms with Gasteiger partial charge < -0.3 is 19.9 Å². The lowest BCUT2D eigenvalue weighted by Gasteiger charge is -2.19. The Labute approximate surface area is 134 Å². The molecule has 6 nitrogen and oxygen atoms in total. The monoisotopic (exact) mass is 319 g/mol. The Morgan fingerprint density at radius 2 is 2.00 bits per heavy atom. The van der Waals surface area contributed by atoms with Crippen LogP contribution >= 0.6 is 0 Å². The number of carboxylic acids is 1. The fourth-order valence-electron chi connectivity index (χ4n) is 3.20. The predicted octanol–water partition coefficient (Wildman–Crippen LogP) is 2.14. The molecule has 0 heterocycles. The molecule has 6 heteroatoms. The van der Waals surface area contributed by atoms with Crippen molar-refractivity contribution in [3.8, 4) is 11.5 Å². The smallest absolute Gasteiger partial charge is 0.305 e. The molecule has 2 unspecified atom stereocenters. The second kappa shape index (κ2) is 5.76. The van der Waals surface area contributed by atoms with Gasteiger partial charge in [0, 0.05) is 5.92 Å². The van der Waals surface area contributed by atoms with E-state index in [1.807, 2.05) is 0 Å². The number of ether oxygens (including phenoxy) is 2. The molecular formula is C17H21NO5. The van der Waals surface area contributed by atoms with Gasteiger partial charge in [0.2, 0.25) is 5.91 Å². The van der Waals surface area contributed by atoms with E-state index in [1.165, 1.54) is 14.2 Å². The Balaban J connectivity index is 1.77. The molecule has 3 rings (SSSR count). The molecule has 0 radical (unpaired) electrons. The Bertz CT molecular complexity index is 638. The molecule has 0 bridgehead atoms. The maximum absolute atomic E-state index is 12.3. The molecule has 0 saturated heterocycles. The van der Waals surface area contributed by atoms with E-state index in [0.29, 0.717) is 17.1 Å². The van der Waals surface area contributed by atoms with Crippen molar-refractivity contribution in [2.75, 3.05) is 14.2 Å². The van der Waals surface area contributed by atoms with Gasteiger partial charge in [0.25, 0.3) is 0 Å². The number of carboxylic acid groups (broad SMARTS) is 1. The van der Waals surface area contributed by atoms with Gasteiger partial charge >= 0.3 is 5.97 Å². The van der Waals surface area contributed by atoms with E-state index in [0.717, 1.165) is 19.3 Å². The molecule has 1 aromatic rings. The minimum Gasteiger partial charge on any atom is -0.493 e. The summed E-state index contributed by atoms with van der Waals surface area (Å²) in [5, 5.41) is 12.0. The van der Waals surface area contributed by atoms with Crippen LogP contribution in [0.15, 0.2) is 18.2 Å². The summed E-state index contributed by atoms with van der Waals surface area (Å²) < 4.78 is 10.4. The molecule has 2 atom stereocenters. The second-order valence-electron chi connectivity index (χ2n) is 6.39. The third-order valence-electron chi connectivity index (χ3n) is 4.90. The van der Waals surface area contributed by atoms with E-state index in [4.69, 9.17) is 14.6 Å². The number of benzene rings is 1. The van der Waals surface area contributed by atoms with Crippen LogP contribution in [-0.2, 0) is 9.59 Å². The van der Waals surface area contributed by atoms with Crippen LogP contribution in [0.5, 0.6) is 11.5 Å². The molecule has 0 aliphatic heterocycles. The number of carbonyl (C=O) groups is 2. The summed E-state index contributed by atoms with van der Waals surface area (Å²) in [7, 11) is 3.06. The van der Waals surface area contributed by atoms with Gasteiger partial charge in [0.15, 0.2) is 11.5 Å². The van der Waals surface area contributed by atoms with Crippen LogP contribution in [0.3, 0.4) is 0 Å². The fraction of sp³-hybridized carbons (Fsp3) is 0.529. The van der Waals surface area contributed by atoms with Crippen molar-refractivity contribution in [3.05, 3.63) is 23.8 Å². The highest BCUT2D eigenvalue weighted by Crippen LogP contribution is 2.70. The van der Waals surface area contributed by atoms with Crippen LogP contribution in [-0.4, -0.2) is 31.2 Å². The highest BCUT2D eigenvalue weighted by molar-refractivity contribution is 5.84. The molecule has 1 amide bonds. The third-order valence-corrected chi connectivity index (χ3v) is 4.90. The van der Waals surface area contributed by atoms with Crippen molar-refractivity contribution in [3.63, 3.8) is 0 Å². The quantitative estimate of drug-likeness (QED) is 0.804. The van der Waals surface area contributed by atoms with E-state index in [2.05, 4.69) is 5.32 Å². The predicted molar refractivity (Wildman–Crippen MR) is 82.5 cm³/mol. The SMILES string of the molecule is COc1ccc(C(CC(=O)O)NC(=O)C2CC23CC3)cc1OC. The number of methoxy groups -OCH3 is 2. The molecule has 0 aromatic heterocycles. The molecule has 2 aliphatic rings. The lowest BCUT2D eigenvalue weighted by molar-refractivity contribution is -0.137. The average Bonchev–Trinajstić information content (AvgIpc) is 3.45. The van der Waals surface area contributed by atoms with Crippen molar-refractivity contribution in [1.29, 1.82) is 0 Å². The summed E-state index contributed by atoms with van der Waals surface area (Å²) in [4.78, 5) is 23.5. The average molecular weight is 319 g/mol. The molecule has 124 valence electrons. The zero-order chi connectivity index (χ0) is 16.6. The first-order valence-corrected chi connectivity index (χ1v) is 7.73. The van der Waals surface area contributed by atoms with Gasteiger partial charge in [0.1, 0.15) is 0 Å². The Hall–Kier alpha value is -2.24. The Morgan fingerprint density at radius 1 is 1.30 bits per heavy atom. The first-order valence-electron chi connectivity index (χ1n) is 7.73. The van der Waals surface area contributed by atoms with Gasteiger partial charge in [-0.2, -0.15) is 0 Å². The zero-order valence-electron chi connectivity index (χ0n) is 13.3. The van der Waals surface area contributed by atoms with E-state index in [1.54, 1.807) is 18.2 Å². The van der Waals surface area contributed by atoms with Crippen LogP contribution in [0.1, 0.15) is 37.3 Å². The van der Waals surface area contributed by atoms with Crippen LogP contribution < -0.4 is 14.8 Å². The van der Waals surface area contributed by atoms with E-state index in [-0.39, 0.29) is 23.7 Å². The lowest BCUT2D eigenvalue weighted by atomic mass is 10.0. The summed E-state index contributed by atoms with van der Waals surface area (Å²) in [5.74, 6) is 0.139. The molecular weight excluding hydrogens is 298 g/mol. The van der Waals surface area contributed by atoms with Crippen molar-refractivity contribution in [1.82, 2.24) is 5.32 Å². The van der Waals surface area contributed by atoms with Gasteiger partial charge in [0.05, 0.1) is 26.7 Å². The highest BCUT2D eigenvalue weighted by Gasteiger charge is 2.65. The van der Waals surface area contributed by atoms with Crippen LogP contribution in [0, 0.1) is 11.3 Å². The molecule has 2 aliphatic carbocycles. The number of nitrogens with one attached hydrogen (secondary N) is 1. The molecule has 2 fully saturated rings. The Kier molecular flexibility index (Phi) is 3.92. The maximum Gasteiger partial charge on any atom is 0.305 e. The lowest BCUT2D eigenvalue weighted by Crippen LogP contribution is -2.31. The topological polar surface area (TPSA) is 84.9 Å². The minimum atomic E-state index is -0.956. The van der Waals surface area contributed by atoms with Crippen LogP contribution in [0.4, 0.5) is 0 Å². The first-order chi connectivity index (χ1) is 11.0. The van der Waals surface area contributed by atoms with E-state index >= 15 is 0 Å². The maximum atomic E-state index is 12.3. The number of carbonyl (C=O) groups excluding carboxylic acids is 1. The number of amides is 1. The summed E-state index contributed by atoms with van der Waals surface area (Å²) >= 11 is 0. The van der Waals surface area contributed by atoms with Gasteiger partial charge in [-0.05, 0) is 42.4 Å². The molecule has 2 saturated carbocycles. The van der Waals surface area contributed by atoms with E-state index in [9.17, 15) is 9.59 Å². The number of hydrogen-bond acceptors (Lipinski definition) is 4. The second-order valence-corrected chi connectivity index (χ2v) is 6.39. The number of rotatable bonds is 7. The third kappa shape index (κ3) is 3.11. The standard InChI is InChI=1S/C17H21NO5/c1-22-13-4-3-10(7-14(13)23-2)12(8-15(19)20)18-16(21)11-9-17(11)5-6-17/h3-4,7,11-12H,5-6,8-9H2,1-2H3,(H,18,21)(H,19,20). The first kappa shape index (κ1) is 15.6. The molecule has 2 N–H and O–H groups in total. The van der Waals surface area contributed by atoms with E-state index < -0.39 is 12.0 Å². The number of hydrogen-bond donors (Lipinski definition) is 2. The number of aliphatic carboxylic acids is 1. The van der Waals surface area contributed by atoms with Crippen molar-refractivity contribution < 1.29 is 24.2 Å². The van der Waals surface area contributed by atoms with Crippen molar-refractivity contribution in [2.24, 2.45) is 11.3 Å². The van der Waals surface area contributed by atoms with Gasteiger partial charge in [-0.25, -0.2) is 0 Å². The van der Waals surface area contributed by atoms with Gasteiger partial charge in [-0.1, -0.05) is 6.07 Å². The molecule has 1 spiro atoms. The summed E-state index contributed by atoms with van der Waals surface area (Å²) in [6.07, 6.45) is 3.00. The molecule has 1 aromatic carbocycles. The van der Waals surface area contributed by atoms with Crippen LogP contribution in [0.2, 0.25) is 0 Å². The highest BCUT2D eigenvalue weighted by atomic mass is 16.5. The van der Waals surface area contributed by atoms with Gasteiger partial charge in [-0.15, -0.1) is 0 Å². The zero-order valence-corrected chi connectivity index (χ0v) is 13.3. The fourth-order valence-corrected chi connectivity index (χ4v) is 3.20.